The van der Waals surface area contributed by atoms with Crippen molar-refractivity contribution in [2.75, 3.05) is 11.1 Å². The van der Waals surface area contributed by atoms with Crippen LogP contribution in [0.2, 0.25) is 5.02 Å². The van der Waals surface area contributed by atoms with Crippen molar-refractivity contribution in [3.8, 4) is 0 Å². The Morgan fingerprint density at radius 3 is 2.83 bits per heavy atom. The number of halogens is 2. The second kappa shape index (κ2) is 6.25. The van der Waals surface area contributed by atoms with Crippen molar-refractivity contribution in [2.45, 2.75) is 18.1 Å². The number of fused-ring (bicyclic) bond motifs is 4. The van der Waals surface area contributed by atoms with Gasteiger partial charge in [-0.15, -0.1) is 0 Å². The van der Waals surface area contributed by atoms with E-state index in [1.807, 2.05) is 0 Å². The molecule has 0 bridgehead atoms. The number of anilines is 3. The summed E-state index contributed by atoms with van der Waals surface area (Å²) in [4.78, 5) is 34.0. The van der Waals surface area contributed by atoms with Gasteiger partial charge in [-0.3, -0.25) is 14.2 Å². The van der Waals surface area contributed by atoms with Crippen molar-refractivity contribution >= 4 is 34.8 Å². The molecule has 2 aliphatic rings. The Bertz CT molecular complexity index is 1290. The van der Waals surface area contributed by atoms with E-state index >= 15 is 0 Å². The van der Waals surface area contributed by atoms with Crippen molar-refractivity contribution in [2.24, 2.45) is 5.73 Å². The van der Waals surface area contributed by atoms with Crippen LogP contribution in [0.4, 0.5) is 21.7 Å². The highest BCUT2D eigenvalue weighted by atomic mass is 35.5. The zero-order valence-corrected chi connectivity index (χ0v) is 16.1. The third-order valence-electron chi connectivity index (χ3n) is 5.40. The lowest BCUT2D eigenvalue weighted by molar-refractivity contribution is 0.0934. The fraction of sp³-hybridized carbons (Fsp3) is 0.158. The molecule has 0 saturated heterocycles. The van der Waals surface area contributed by atoms with Gasteiger partial charge < -0.3 is 22.1 Å². The van der Waals surface area contributed by atoms with Crippen LogP contribution in [0.1, 0.15) is 34.1 Å². The summed E-state index contributed by atoms with van der Waals surface area (Å²) in [5.41, 5.74) is 11.1. The van der Waals surface area contributed by atoms with Crippen LogP contribution in [0, 0.1) is 5.82 Å². The summed E-state index contributed by atoms with van der Waals surface area (Å²) < 4.78 is 15.3. The number of nitrogens with two attached hydrogens (primary N) is 2. The summed E-state index contributed by atoms with van der Waals surface area (Å²) in [6.07, 6.45) is 1.41. The van der Waals surface area contributed by atoms with E-state index < -0.39 is 29.0 Å². The molecule has 1 aliphatic carbocycles. The van der Waals surface area contributed by atoms with E-state index in [0.717, 1.165) is 0 Å². The van der Waals surface area contributed by atoms with E-state index in [4.69, 9.17) is 23.1 Å². The minimum atomic E-state index is -1.34. The van der Waals surface area contributed by atoms with Gasteiger partial charge in [-0.05, 0) is 23.8 Å². The molecule has 5 rings (SSSR count). The number of benzene rings is 1. The van der Waals surface area contributed by atoms with Gasteiger partial charge in [-0.1, -0.05) is 17.7 Å². The maximum absolute atomic E-state index is 14.1. The molecule has 152 valence electrons. The Balaban J connectivity index is 1.74. The van der Waals surface area contributed by atoms with Crippen LogP contribution in [0.25, 0.3) is 0 Å². The first-order valence-corrected chi connectivity index (χ1v) is 9.36. The quantitative estimate of drug-likeness (QED) is 0.486. The van der Waals surface area contributed by atoms with E-state index in [2.05, 4.69) is 20.6 Å². The molecule has 30 heavy (non-hydrogen) atoms. The first-order valence-electron chi connectivity index (χ1n) is 8.99. The molecule has 0 saturated carbocycles. The molecule has 2 atom stereocenters. The Hall–Kier alpha value is -3.50. The highest BCUT2D eigenvalue weighted by Gasteiger charge is 2.52. The summed E-state index contributed by atoms with van der Waals surface area (Å²) in [6, 6.07) is 6.42. The van der Waals surface area contributed by atoms with Crippen LogP contribution in [0.5, 0.6) is 0 Å². The number of amides is 1. The van der Waals surface area contributed by atoms with E-state index in [0.29, 0.717) is 11.1 Å². The Morgan fingerprint density at radius 1 is 1.27 bits per heavy atom. The van der Waals surface area contributed by atoms with Crippen molar-refractivity contribution in [3.63, 3.8) is 0 Å². The van der Waals surface area contributed by atoms with Gasteiger partial charge >= 0.3 is 0 Å². The summed E-state index contributed by atoms with van der Waals surface area (Å²) in [5, 5.41) is 5.72. The third-order valence-corrected chi connectivity index (χ3v) is 5.69. The van der Waals surface area contributed by atoms with Gasteiger partial charge in [0.2, 0.25) is 0 Å². The SMILES string of the molecule is Nc1cc(Nc2cc(Cl)c3n(c2=O)C2(CC(N)c4ccc(F)cc42)NC3=O)ncn1. The second-order valence-corrected chi connectivity index (χ2v) is 7.61. The van der Waals surface area contributed by atoms with Gasteiger partial charge in [0.05, 0.1) is 5.02 Å². The maximum Gasteiger partial charge on any atom is 0.277 e. The number of nitrogen functional groups attached to an aromatic ring is 1. The molecule has 3 heterocycles. The lowest BCUT2D eigenvalue weighted by Gasteiger charge is -2.28. The summed E-state index contributed by atoms with van der Waals surface area (Å²) in [6.45, 7) is 0. The fourth-order valence-electron chi connectivity index (χ4n) is 4.21. The average molecular weight is 428 g/mol. The molecule has 1 spiro atoms. The van der Waals surface area contributed by atoms with Crippen LogP contribution in [-0.2, 0) is 5.66 Å². The van der Waals surface area contributed by atoms with E-state index in [9.17, 15) is 14.0 Å². The number of pyridine rings is 1. The lowest BCUT2D eigenvalue weighted by Crippen LogP contribution is -2.47. The van der Waals surface area contributed by atoms with Crippen LogP contribution in [0.3, 0.4) is 0 Å². The minimum Gasteiger partial charge on any atom is -0.384 e. The van der Waals surface area contributed by atoms with Crippen molar-refractivity contribution in [1.29, 1.82) is 0 Å². The van der Waals surface area contributed by atoms with E-state index in [1.165, 1.54) is 35.2 Å². The van der Waals surface area contributed by atoms with E-state index in [1.54, 1.807) is 6.07 Å². The number of nitrogens with zero attached hydrogens (tertiary/aromatic N) is 3. The molecule has 2 aromatic heterocycles. The molecule has 9 nitrogen and oxygen atoms in total. The molecule has 1 aliphatic heterocycles. The standard InChI is InChI=1S/C19H15ClFN7O2/c20-11-4-13(26-15-5-14(23)24-7-25-15)18(30)28-16(11)17(29)27-19(28)6-12(22)9-2-1-8(21)3-10(9)19/h1-5,7,12H,6,22H2,(H,27,29)(H3,23,24,25,26). The highest BCUT2D eigenvalue weighted by Crippen LogP contribution is 2.46. The fourth-order valence-corrected chi connectivity index (χ4v) is 4.49. The molecule has 11 heteroatoms. The van der Waals surface area contributed by atoms with Crippen molar-refractivity contribution in [1.82, 2.24) is 19.9 Å². The molecule has 0 fully saturated rings. The predicted molar refractivity (Wildman–Crippen MR) is 108 cm³/mol. The molecule has 3 aromatic rings. The smallest absolute Gasteiger partial charge is 0.277 e. The van der Waals surface area contributed by atoms with Gasteiger partial charge in [-0.25, -0.2) is 14.4 Å². The summed E-state index contributed by atoms with van der Waals surface area (Å²) in [7, 11) is 0. The lowest BCUT2D eigenvalue weighted by atomic mass is 10.0. The van der Waals surface area contributed by atoms with Gasteiger partial charge in [-0.2, -0.15) is 0 Å². The Morgan fingerprint density at radius 2 is 2.07 bits per heavy atom. The van der Waals surface area contributed by atoms with Crippen LogP contribution in [0.15, 0.2) is 41.5 Å². The monoisotopic (exact) mass is 427 g/mol. The van der Waals surface area contributed by atoms with Crippen molar-refractivity contribution in [3.05, 3.63) is 74.7 Å². The predicted octanol–water partition coefficient (Wildman–Crippen LogP) is 1.60. The Labute approximate surface area is 173 Å². The third kappa shape index (κ3) is 2.50. The van der Waals surface area contributed by atoms with Crippen LogP contribution >= 0.6 is 11.6 Å². The number of carbonyl (C=O) groups is 1. The normalized spacial score (nSPS) is 21.4. The number of carbonyl (C=O) groups excluding carboxylic acids is 1. The molecule has 1 amide bonds. The summed E-state index contributed by atoms with van der Waals surface area (Å²) in [5.74, 6) is -0.564. The minimum absolute atomic E-state index is 0.0151. The number of hydrogen-bond acceptors (Lipinski definition) is 7. The van der Waals surface area contributed by atoms with Gasteiger partial charge in [0.15, 0.2) is 0 Å². The van der Waals surface area contributed by atoms with Crippen molar-refractivity contribution < 1.29 is 9.18 Å². The zero-order chi connectivity index (χ0) is 21.2. The molecule has 1 aromatic carbocycles. The largest absolute Gasteiger partial charge is 0.384 e. The molecule has 6 N–H and O–H groups in total. The molecule has 2 unspecified atom stereocenters. The van der Waals surface area contributed by atoms with Crippen LogP contribution in [-0.4, -0.2) is 20.4 Å². The topological polar surface area (TPSA) is 141 Å². The number of aromatic nitrogens is 3. The second-order valence-electron chi connectivity index (χ2n) is 7.20. The maximum atomic E-state index is 14.1. The molecular weight excluding hydrogens is 413 g/mol. The number of hydrogen-bond donors (Lipinski definition) is 4. The molecule has 0 radical (unpaired) electrons. The number of nitrogens with one attached hydrogen (secondary N) is 2. The van der Waals surface area contributed by atoms with E-state index in [-0.39, 0.29) is 34.5 Å². The van der Waals surface area contributed by atoms with Gasteiger partial charge in [0.1, 0.15) is 40.8 Å². The first kappa shape index (κ1) is 18.5. The van der Waals surface area contributed by atoms with Crippen LogP contribution < -0.4 is 27.7 Å². The molecular formula is C19H15ClFN7O2. The Kier molecular flexibility index (Phi) is 3.86. The average Bonchev–Trinajstić information content (AvgIpc) is 3.13. The highest BCUT2D eigenvalue weighted by molar-refractivity contribution is 6.34. The number of rotatable bonds is 2. The zero-order valence-electron chi connectivity index (χ0n) is 15.3. The summed E-state index contributed by atoms with van der Waals surface area (Å²) >= 11 is 6.37. The van der Waals surface area contributed by atoms with Gasteiger partial charge in [0, 0.05) is 24.1 Å². The van der Waals surface area contributed by atoms with Gasteiger partial charge in [0.25, 0.3) is 11.5 Å². The first-order chi connectivity index (χ1) is 14.3.